The molecule has 0 bridgehead atoms. The third kappa shape index (κ3) is 3.24. The van der Waals surface area contributed by atoms with Crippen LogP contribution in [0.3, 0.4) is 0 Å². The van der Waals surface area contributed by atoms with Crippen LogP contribution >= 0.6 is 0 Å². The van der Waals surface area contributed by atoms with Gasteiger partial charge in [0, 0.05) is 6.20 Å². The quantitative estimate of drug-likeness (QED) is 0.284. The van der Waals surface area contributed by atoms with Gasteiger partial charge in [-0.25, -0.2) is 0 Å². The molecule has 0 unspecified atom stereocenters. The molecule has 2 heteroatoms. The summed E-state index contributed by atoms with van der Waals surface area (Å²) in [4.78, 5) is 0. The van der Waals surface area contributed by atoms with Gasteiger partial charge in [-0.3, -0.25) is 5.84 Å². The van der Waals surface area contributed by atoms with Crippen molar-refractivity contribution in [1.29, 1.82) is 0 Å². The predicted molar refractivity (Wildman–Crippen MR) is 26.7 cm³/mol. The highest BCUT2D eigenvalue weighted by Crippen LogP contribution is 1.60. The lowest BCUT2D eigenvalue weighted by molar-refractivity contribution is 0.968. The fourth-order valence-electron chi connectivity index (χ4n) is 0.124. The van der Waals surface area contributed by atoms with E-state index in [1.54, 1.807) is 18.4 Å². The van der Waals surface area contributed by atoms with Gasteiger partial charge in [0.1, 0.15) is 0 Å². The minimum Gasteiger partial charge on any atom is -0.331 e. The van der Waals surface area contributed by atoms with Crippen LogP contribution in [0, 0.1) is 0 Å². The van der Waals surface area contributed by atoms with Gasteiger partial charge in [-0.15, -0.1) is 0 Å². The molecule has 6 heavy (non-hydrogen) atoms. The first-order chi connectivity index (χ1) is 2.91. The molecule has 0 aliphatic rings. The third-order valence-corrected chi connectivity index (χ3v) is 0.329. The molecule has 0 heterocycles. The van der Waals surface area contributed by atoms with Crippen LogP contribution in [-0.4, -0.2) is 0 Å². The average molecular weight is 84.1 g/mol. The lowest BCUT2D eigenvalue weighted by Crippen LogP contribution is -2.12. The molecule has 0 radical (unpaired) electrons. The van der Waals surface area contributed by atoms with Crippen LogP contribution in [0.25, 0.3) is 0 Å². The zero-order valence-corrected chi connectivity index (χ0v) is 3.52. The standard InChI is InChI=1S/C4H8N2/c1-2-3-4-6-5/h2-4,6H,1,5H2/b4-3-. The maximum Gasteiger partial charge on any atom is 0.0122 e. The first kappa shape index (κ1) is 5.24. The lowest BCUT2D eigenvalue weighted by Gasteiger charge is -1.77. The van der Waals surface area contributed by atoms with Crippen molar-refractivity contribution >= 4 is 0 Å². The normalized spacial score (nSPS) is 8.83. The Balaban J connectivity index is 2.94. The third-order valence-electron chi connectivity index (χ3n) is 0.329. The molecule has 0 saturated carbocycles. The maximum absolute atomic E-state index is 4.83. The monoisotopic (exact) mass is 84.1 g/mol. The van der Waals surface area contributed by atoms with Crippen LogP contribution < -0.4 is 11.3 Å². The molecule has 34 valence electrons. The predicted octanol–water partition coefficient (Wildman–Crippen LogP) is 0.149. The van der Waals surface area contributed by atoms with Crippen molar-refractivity contribution in [2.45, 2.75) is 0 Å². The summed E-state index contributed by atoms with van der Waals surface area (Å²) >= 11 is 0. The highest BCUT2D eigenvalue weighted by atomic mass is 15.2. The van der Waals surface area contributed by atoms with E-state index in [1.807, 2.05) is 0 Å². The van der Waals surface area contributed by atoms with E-state index in [2.05, 4.69) is 12.0 Å². The molecule has 0 rings (SSSR count). The molecule has 0 spiro atoms. The molecule has 0 amide bonds. The molecule has 0 atom stereocenters. The van der Waals surface area contributed by atoms with Gasteiger partial charge in [-0.2, -0.15) is 0 Å². The zero-order chi connectivity index (χ0) is 4.83. The van der Waals surface area contributed by atoms with Gasteiger partial charge in [-0.05, 0) is 6.08 Å². The Hall–Kier alpha value is -0.760. The van der Waals surface area contributed by atoms with Crippen molar-refractivity contribution in [3.8, 4) is 0 Å². The summed E-state index contributed by atoms with van der Waals surface area (Å²) in [5.41, 5.74) is 2.32. The second-order valence-electron chi connectivity index (χ2n) is 0.761. The summed E-state index contributed by atoms with van der Waals surface area (Å²) in [5.74, 6) is 4.83. The highest BCUT2D eigenvalue weighted by Gasteiger charge is 1.49. The average Bonchev–Trinajstić information content (AvgIpc) is 1.61. The number of rotatable bonds is 2. The summed E-state index contributed by atoms with van der Waals surface area (Å²) < 4.78 is 0. The van der Waals surface area contributed by atoms with E-state index >= 15 is 0 Å². The van der Waals surface area contributed by atoms with Gasteiger partial charge in [0.15, 0.2) is 0 Å². The van der Waals surface area contributed by atoms with Gasteiger partial charge < -0.3 is 5.43 Å². The van der Waals surface area contributed by atoms with Gasteiger partial charge in [-0.1, -0.05) is 12.7 Å². The molecule has 0 aliphatic heterocycles. The topological polar surface area (TPSA) is 38.0 Å². The van der Waals surface area contributed by atoms with E-state index in [0.29, 0.717) is 0 Å². The number of nitrogens with one attached hydrogen (secondary N) is 1. The van der Waals surface area contributed by atoms with Crippen molar-refractivity contribution in [2.24, 2.45) is 5.84 Å². The Kier molecular flexibility index (Phi) is 3.70. The minimum atomic E-state index is 1.59. The van der Waals surface area contributed by atoms with Gasteiger partial charge in [0.05, 0.1) is 0 Å². The summed E-state index contributed by atoms with van der Waals surface area (Å²) in [6.45, 7) is 3.42. The number of hydrazine groups is 1. The molecule has 0 aromatic heterocycles. The lowest BCUT2D eigenvalue weighted by atomic mass is 10.6. The van der Waals surface area contributed by atoms with Crippen molar-refractivity contribution in [2.75, 3.05) is 0 Å². The van der Waals surface area contributed by atoms with Crippen LogP contribution in [0.5, 0.6) is 0 Å². The molecular formula is C4H8N2. The summed E-state index contributed by atoms with van der Waals surface area (Å²) in [6, 6.07) is 0. The van der Waals surface area contributed by atoms with Crippen LogP contribution in [-0.2, 0) is 0 Å². The fourth-order valence-corrected chi connectivity index (χ4v) is 0.124. The second kappa shape index (κ2) is 4.24. The van der Waals surface area contributed by atoms with Crippen LogP contribution in [0.15, 0.2) is 24.9 Å². The number of hydrogen-bond donors (Lipinski definition) is 2. The molecule has 0 aromatic carbocycles. The molecule has 0 aliphatic carbocycles. The van der Waals surface area contributed by atoms with Gasteiger partial charge >= 0.3 is 0 Å². The Labute approximate surface area is 37.3 Å². The van der Waals surface area contributed by atoms with Crippen LogP contribution in [0.2, 0.25) is 0 Å². The summed E-state index contributed by atoms with van der Waals surface area (Å²) in [6.07, 6.45) is 4.94. The second-order valence-corrected chi connectivity index (χ2v) is 0.761. The van der Waals surface area contributed by atoms with E-state index in [4.69, 9.17) is 5.84 Å². The Bertz CT molecular complexity index is 56.6. The summed E-state index contributed by atoms with van der Waals surface area (Å²) in [5, 5.41) is 0. The molecule has 0 aromatic rings. The van der Waals surface area contributed by atoms with Crippen LogP contribution in [0.1, 0.15) is 0 Å². The van der Waals surface area contributed by atoms with Gasteiger partial charge in [0.2, 0.25) is 0 Å². The van der Waals surface area contributed by atoms with Crippen molar-refractivity contribution < 1.29 is 0 Å². The van der Waals surface area contributed by atoms with E-state index in [9.17, 15) is 0 Å². The minimum absolute atomic E-state index is 1.59. The maximum atomic E-state index is 4.83. The molecule has 2 nitrogen and oxygen atoms in total. The summed E-state index contributed by atoms with van der Waals surface area (Å²) in [7, 11) is 0. The van der Waals surface area contributed by atoms with E-state index < -0.39 is 0 Å². The number of nitrogens with two attached hydrogens (primary N) is 1. The van der Waals surface area contributed by atoms with E-state index in [0.717, 1.165) is 0 Å². The molecule has 0 fully saturated rings. The fraction of sp³-hybridized carbons (Fsp3) is 0. The molecule has 3 N–H and O–H groups in total. The SMILES string of the molecule is C=C/C=C\NN. The molecular weight excluding hydrogens is 76.1 g/mol. The zero-order valence-electron chi connectivity index (χ0n) is 3.52. The number of hydrogen-bond acceptors (Lipinski definition) is 2. The Morgan fingerprint density at radius 3 is 2.50 bits per heavy atom. The smallest absolute Gasteiger partial charge is 0.0122 e. The first-order valence-electron chi connectivity index (χ1n) is 1.65. The Morgan fingerprint density at radius 2 is 2.33 bits per heavy atom. The Morgan fingerprint density at radius 1 is 1.67 bits per heavy atom. The highest BCUT2D eigenvalue weighted by molar-refractivity contribution is 4.94. The van der Waals surface area contributed by atoms with Crippen LogP contribution in [0.4, 0.5) is 0 Å². The largest absolute Gasteiger partial charge is 0.331 e. The molecule has 0 saturated heterocycles. The van der Waals surface area contributed by atoms with Crippen molar-refractivity contribution in [3.05, 3.63) is 24.9 Å². The van der Waals surface area contributed by atoms with Crippen molar-refractivity contribution in [3.63, 3.8) is 0 Å². The van der Waals surface area contributed by atoms with Crippen molar-refractivity contribution in [1.82, 2.24) is 5.43 Å². The van der Waals surface area contributed by atoms with E-state index in [1.165, 1.54) is 0 Å². The van der Waals surface area contributed by atoms with E-state index in [-0.39, 0.29) is 0 Å². The number of allylic oxidation sites excluding steroid dienone is 2. The van der Waals surface area contributed by atoms with Gasteiger partial charge in [0.25, 0.3) is 0 Å². The first-order valence-corrected chi connectivity index (χ1v) is 1.65.